The van der Waals surface area contributed by atoms with E-state index in [0.717, 1.165) is 16.0 Å². The SMILES string of the molecule is C[C@@H]([C@H](O)c1ccccc1)N(C)/C(C#N)=C/[C@@H](Sc1ccccc1)c1ccccc1. The fourth-order valence-corrected chi connectivity index (χ4v) is 4.32. The Morgan fingerprint density at radius 2 is 1.40 bits per heavy atom. The zero-order chi connectivity index (χ0) is 21.3. The molecule has 0 fully saturated rings. The molecule has 0 aliphatic rings. The number of aliphatic hydroxyl groups is 1. The molecule has 3 atom stereocenters. The molecule has 152 valence electrons. The quantitative estimate of drug-likeness (QED) is 0.364. The molecule has 3 nitrogen and oxygen atoms in total. The van der Waals surface area contributed by atoms with Gasteiger partial charge in [0.2, 0.25) is 0 Å². The molecule has 4 heteroatoms. The van der Waals surface area contributed by atoms with Gasteiger partial charge in [-0.3, -0.25) is 0 Å². The summed E-state index contributed by atoms with van der Waals surface area (Å²) < 4.78 is 0. The van der Waals surface area contributed by atoms with E-state index in [1.807, 2.05) is 91.7 Å². The van der Waals surface area contributed by atoms with Crippen LogP contribution in [0, 0.1) is 11.3 Å². The first kappa shape index (κ1) is 21.7. The molecule has 3 aromatic carbocycles. The summed E-state index contributed by atoms with van der Waals surface area (Å²) in [5.74, 6) is 0. The molecule has 0 bridgehead atoms. The first-order valence-corrected chi connectivity index (χ1v) is 10.8. The number of hydrogen-bond acceptors (Lipinski definition) is 4. The number of nitriles is 1. The summed E-state index contributed by atoms with van der Waals surface area (Å²) in [6, 6.07) is 32.0. The van der Waals surface area contributed by atoms with Crippen LogP contribution >= 0.6 is 11.8 Å². The maximum atomic E-state index is 10.8. The van der Waals surface area contributed by atoms with Crippen LogP contribution in [-0.2, 0) is 0 Å². The highest BCUT2D eigenvalue weighted by Crippen LogP contribution is 2.37. The van der Waals surface area contributed by atoms with Gasteiger partial charge >= 0.3 is 0 Å². The van der Waals surface area contributed by atoms with Crippen molar-refractivity contribution >= 4 is 11.8 Å². The summed E-state index contributed by atoms with van der Waals surface area (Å²) in [6.45, 7) is 1.94. The highest BCUT2D eigenvalue weighted by molar-refractivity contribution is 7.99. The molecule has 0 saturated carbocycles. The maximum absolute atomic E-state index is 10.8. The van der Waals surface area contributed by atoms with E-state index >= 15 is 0 Å². The first-order chi connectivity index (χ1) is 14.6. The van der Waals surface area contributed by atoms with Crippen LogP contribution in [0.1, 0.15) is 29.4 Å². The lowest BCUT2D eigenvalue weighted by molar-refractivity contribution is 0.0912. The fraction of sp³-hybridized carbons (Fsp3) is 0.192. The molecular weight excluding hydrogens is 388 g/mol. The predicted octanol–water partition coefficient (Wildman–Crippen LogP) is 5.98. The van der Waals surface area contributed by atoms with Crippen LogP contribution in [0.5, 0.6) is 0 Å². The molecule has 0 radical (unpaired) electrons. The Kier molecular flexibility index (Phi) is 7.73. The van der Waals surface area contributed by atoms with Gasteiger partial charge < -0.3 is 10.0 Å². The second-order valence-electron chi connectivity index (χ2n) is 7.13. The highest BCUT2D eigenvalue weighted by Gasteiger charge is 2.23. The van der Waals surface area contributed by atoms with Gasteiger partial charge in [0, 0.05) is 11.9 Å². The average molecular weight is 415 g/mol. The lowest BCUT2D eigenvalue weighted by Crippen LogP contribution is -2.33. The molecule has 3 aromatic rings. The maximum Gasteiger partial charge on any atom is 0.117 e. The standard InChI is InChI=1S/C26H26N2OS/c1-20(26(29)22-14-8-4-9-15-22)28(2)23(19-27)18-25(21-12-6-3-7-13-21)30-24-16-10-5-11-17-24/h3-18,20,25-26,29H,1-2H3/b23-18+/t20-,25+,26-/m0/s1. The molecule has 0 spiro atoms. The zero-order valence-electron chi connectivity index (χ0n) is 17.2. The molecule has 30 heavy (non-hydrogen) atoms. The van der Waals surface area contributed by atoms with Crippen LogP contribution in [0.3, 0.4) is 0 Å². The van der Waals surface area contributed by atoms with E-state index in [1.54, 1.807) is 11.8 Å². The van der Waals surface area contributed by atoms with Gasteiger partial charge in [0.1, 0.15) is 11.8 Å². The van der Waals surface area contributed by atoms with E-state index in [0.29, 0.717) is 5.70 Å². The Bertz CT molecular complexity index is 984. The van der Waals surface area contributed by atoms with Gasteiger partial charge in [0.15, 0.2) is 0 Å². The molecule has 3 rings (SSSR count). The molecular formula is C26H26N2OS. The number of likely N-dealkylation sites (N-methyl/N-ethyl adjacent to an activating group) is 1. The predicted molar refractivity (Wildman–Crippen MR) is 124 cm³/mol. The summed E-state index contributed by atoms with van der Waals surface area (Å²) in [4.78, 5) is 3.00. The Hall–Kier alpha value is -3.00. The van der Waals surface area contributed by atoms with Crippen molar-refractivity contribution in [2.24, 2.45) is 0 Å². The van der Waals surface area contributed by atoms with Gasteiger partial charge in [-0.1, -0.05) is 78.9 Å². The van der Waals surface area contributed by atoms with Crippen molar-refractivity contribution in [1.29, 1.82) is 5.26 Å². The van der Waals surface area contributed by atoms with Gasteiger partial charge in [-0.25, -0.2) is 0 Å². The summed E-state index contributed by atoms with van der Waals surface area (Å²) in [5, 5.41) is 20.7. The largest absolute Gasteiger partial charge is 0.386 e. The Balaban J connectivity index is 1.88. The second-order valence-corrected chi connectivity index (χ2v) is 8.35. The van der Waals surface area contributed by atoms with Crippen molar-refractivity contribution in [2.75, 3.05) is 7.05 Å². The zero-order valence-corrected chi connectivity index (χ0v) is 18.0. The van der Waals surface area contributed by atoms with Gasteiger partial charge in [0.25, 0.3) is 0 Å². The van der Waals surface area contributed by atoms with Gasteiger partial charge in [-0.15, -0.1) is 11.8 Å². The average Bonchev–Trinajstić information content (AvgIpc) is 2.82. The Morgan fingerprint density at radius 1 is 0.900 bits per heavy atom. The van der Waals surface area contributed by atoms with Gasteiger partial charge in [-0.05, 0) is 36.3 Å². The Morgan fingerprint density at radius 3 is 1.93 bits per heavy atom. The second kappa shape index (κ2) is 10.7. The number of rotatable bonds is 8. The summed E-state index contributed by atoms with van der Waals surface area (Å²) in [7, 11) is 1.86. The molecule has 0 unspecified atom stereocenters. The van der Waals surface area contributed by atoms with E-state index in [-0.39, 0.29) is 11.3 Å². The van der Waals surface area contributed by atoms with E-state index in [1.165, 1.54) is 0 Å². The molecule has 0 saturated heterocycles. The lowest BCUT2D eigenvalue weighted by Gasteiger charge is -2.31. The van der Waals surface area contributed by atoms with Crippen LogP contribution < -0.4 is 0 Å². The van der Waals surface area contributed by atoms with Gasteiger partial charge in [0.05, 0.1) is 17.4 Å². The lowest BCUT2D eigenvalue weighted by atomic mass is 10.0. The third-order valence-electron chi connectivity index (χ3n) is 5.15. The number of nitrogens with zero attached hydrogens (tertiary/aromatic N) is 2. The topological polar surface area (TPSA) is 47.3 Å². The van der Waals surface area contributed by atoms with Gasteiger partial charge in [-0.2, -0.15) is 5.26 Å². The minimum atomic E-state index is -0.690. The molecule has 0 amide bonds. The van der Waals surface area contributed by atoms with Crippen LogP contribution in [-0.4, -0.2) is 23.1 Å². The van der Waals surface area contributed by atoms with Crippen molar-refractivity contribution < 1.29 is 5.11 Å². The summed E-state index contributed by atoms with van der Waals surface area (Å²) in [5.41, 5.74) is 2.51. The number of allylic oxidation sites excluding steroid dienone is 1. The van der Waals surface area contributed by atoms with Crippen LogP contribution in [0.4, 0.5) is 0 Å². The summed E-state index contributed by atoms with van der Waals surface area (Å²) >= 11 is 1.70. The van der Waals surface area contributed by atoms with Crippen molar-refractivity contribution in [1.82, 2.24) is 4.90 Å². The minimum absolute atomic E-state index is 0.0215. The molecule has 0 heterocycles. The number of aliphatic hydroxyl groups excluding tert-OH is 1. The van der Waals surface area contributed by atoms with Crippen molar-refractivity contribution in [3.8, 4) is 6.07 Å². The number of benzene rings is 3. The van der Waals surface area contributed by atoms with Crippen molar-refractivity contribution in [3.05, 3.63) is 114 Å². The number of thioether (sulfide) groups is 1. The third kappa shape index (κ3) is 5.54. The number of hydrogen-bond donors (Lipinski definition) is 1. The van der Waals surface area contributed by atoms with E-state index < -0.39 is 6.10 Å². The monoisotopic (exact) mass is 414 g/mol. The fourth-order valence-electron chi connectivity index (χ4n) is 3.22. The Labute approximate surface area is 183 Å². The smallest absolute Gasteiger partial charge is 0.117 e. The van der Waals surface area contributed by atoms with Crippen molar-refractivity contribution in [3.63, 3.8) is 0 Å². The van der Waals surface area contributed by atoms with Crippen LogP contribution in [0.25, 0.3) is 0 Å². The summed E-state index contributed by atoms with van der Waals surface area (Å²) in [6.07, 6.45) is 1.30. The van der Waals surface area contributed by atoms with Crippen molar-refractivity contribution in [2.45, 2.75) is 29.2 Å². The molecule has 1 N–H and O–H groups in total. The highest BCUT2D eigenvalue weighted by atomic mass is 32.2. The third-order valence-corrected chi connectivity index (χ3v) is 6.35. The van der Waals surface area contributed by atoms with E-state index in [2.05, 4.69) is 30.3 Å². The molecule has 0 aromatic heterocycles. The minimum Gasteiger partial charge on any atom is -0.386 e. The molecule has 0 aliphatic heterocycles. The van der Waals surface area contributed by atoms with E-state index in [9.17, 15) is 10.4 Å². The first-order valence-electron chi connectivity index (χ1n) is 9.94. The molecule has 0 aliphatic carbocycles. The van der Waals surface area contributed by atoms with Crippen LogP contribution in [0.2, 0.25) is 0 Å². The van der Waals surface area contributed by atoms with Crippen LogP contribution in [0.15, 0.2) is 108 Å². The van der Waals surface area contributed by atoms with E-state index in [4.69, 9.17) is 0 Å². The normalized spacial score (nSPS) is 14.4.